The van der Waals surface area contributed by atoms with E-state index < -0.39 is 5.82 Å². The van der Waals surface area contributed by atoms with Crippen molar-refractivity contribution in [2.75, 3.05) is 20.6 Å². The second-order valence-electron chi connectivity index (χ2n) is 5.05. The van der Waals surface area contributed by atoms with Gasteiger partial charge in [-0.15, -0.1) is 0 Å². The third-order valence-corrected chi connectivity index (χ3v) is 3.31. The Kier molecular flexibility index (Phi) is 5.09. The van der Waals surface area contributed by atoms with Crippen LogP contribution in [0.2, 0.25) is 0 Å². The number of furan rings is 1. The van der Waals surface area contributed by atoms with Gasteiger partial charge in [-0.25, -0.2) is 4.39 Å². The maximum atomic E-state index is 13.3. The lowest BCUT2D eigenvalue weighted by atomic mass is 10.1. The van der Waals surface area contributed by atoms with Crippen LogP contribution in [0.15, 0.2) is 41.0 Å². The first kappa shape index (κ1) is 15.2. The second-order valence-corrected chi connectivity index (χ2v) is 5.05. The summed E-state index contributed by atoms with van der Waals surface area (Å²) in [5, 5.41) is 12.1. The normalized spacial score (nSPS) is 12.3. The Labute approximate surface area is 123 Å². The maximum Gasteiger partial charge on any atom is 0.140 e. The Balaban J connectivity index is 1.95. The van der Waals surface area contributed by atoms with E-state index in [-0.39, 0.29) is 11.6 Å². The van der Waals surface area contributed by atoms with Crippen LogP contribution in [0, 0.1) is 17.1 Å². The van der Waals surface area contributed by atoms with Crippen LogP contribution in [-0.4, -0.2) is 25.5 Å². The third kappa shape index (κ3) is 3.91. The van der Waals surface area contributed by atoms with Crippen molar-refractivity contribution in [1.82, 2.24) is 10.2 Å². The molecule has 0 amide bonds. The van der Waals surface area contributed by atoms with Crippen molar-refractivity contribution in [2.45, 2.75) is 12.6 Å². The molecule has 0 saturated carbocycles. The fourth-order valence-electron chi connectivity index (χ4n) is 2.14. The van der Waals surface area contributed by atoms with Gasteiger partial charge in [-0.3, -0.25) is 4.90 Å². The highest BCUT2D eigenvalue weighted by Gasteiger charge is 2.16. The molecule has 1 atom stereocenters. The highest BCUT2D eigenvalue weighted by molar-refractivity contribution is 5.34. The van der Waals surface area contributed by atoms with Crippen molar-refractivity contribution in [3.05, 3.63) is 59.3 Å². The predicted octanol–water partition coefficient (Wildman–Crippen LogP) is 2.68. The molecule has 1 heterocycles. The summed E-state index contributed by atoms with van der Waals surface area (Å²) in [4.78, 5) is 2.07. The summed E-state index contributed by atoms with van der Waals surface area (Å²) in [6, 6.07) is 10.4. The average molecular weight is 287 g/mol. The quantitative estimate of drug-likeness (QED) is 0.887. The average Bonchev–Trinajstić information content (AvgIpc) is 2.98. The molecule has 1 unspecified atom stereocenters. The Morgan fingerprint density at radius 3 is 2.81 bits per heavy atom. The van der Waals surface area contributed by atoms with Crippen molar-refractivity contribution in [3.63, 3.8) is 0 Å². The number of hydrogen-bond donors (Lipinski definition) is 1. The standard InChI is InChI=1S/C16H18FN3O/c1-20(2)15(16-4-3-7-21-16)11-19-10-12-5-6-14(17)13(8-12)9-18/h3-8,15,19H,10-11H2,1-2H3. The number of nitrogens with zero attached hydrogens (tertiary/aromatic N) is 2. The fourth-order valence-corrected chi connectivity index (χ4v) is 2.14. The first-order valence-electron chi connectivity index (χ1n) is 6.71. The molecule has 2 aromatic rings. The monoisotopic (exact) mass is 287 g/mol. The van der Waals surface area contributed by atoms with Crippen molar-refractivity contribution in [2.24, 2.45) is 0 Å². The van der Waals surface area contributed by atoms with Crippen molar-refractivity contribution in [1.29, 1.82) is 5.26 Å². The fraction of sp³-hybridized carbons (Fsp3) is 0.312. The highest BCUT2D eigenvalue weighted by atomic mass is 19.1. The smallest absolute Gasteiger partial charge is 0.140 e. The molecule has 4 nitrogen and oxygen atoms in total. The van der Waals surface area contributed by atoms with E-state index in [1.807, 2.05) is 32.3 Å². The molecule has 1 aromatic heterocycles. The first-order chi connectivity index (χ1) is 10.1. The van der Waals surface area contributed by atoms with Gasteiger partial charge in [0.1, 0.15) is 17.6 Å². The lowest BCUT2D eigenvalue weighted by molar-refractivity contribution is 0.250. The van der Waals surface area contributed by atoms with Gasteiger partial charge in [0.15, 0.2) is 0 Å². The summed E-state index contributed by atoms with van der Waals surface area (Å²) < 4.78 is 18.7. The third-order valence-electron chi connectivity index (χ3n) is 3.31. The number of hydrogen-bond acceptors (Lipinski definition) is 4. The molecule has 0 aliphatic heterocycles. The number of benzene rings is 1. The molecule has 0 saturated heterocycles. The predicted molar refractivity (Wildman–Crippen MR) is 78.0 cm³/mol. The van der Waals surface area contributed by atoms with E-state index >= 15 is 0 Å². The number of rotatable bonds is 6. The van der Waals surface area contributed by atoms with Gasteiger partial charge >= 0.3 is 0 Å². The van der Waals surface area contributed by atoms with Crippen LogP contribution in [0.1, 0.15) is 22.9 Å². The Bertz CT molecular complexity index is 617. The van der Waals surface area contributed by atoms with Gasteiger partial charge in [-0.2, -0.15) is 5.26 Å². The van der Waals surface area contributed by atoms with E-state index in [1.165, 1.54) is 6.07 Å². The van der Waals surface area contributed by atoms with E-state index in [1.54, 1.807) is 18.4 Å². The molecule has 1 aromatic carbocycles. The van der Waals surface area contributed by atoms with Crippen LogP contribution in [0.4, 0.5) is 4.39 Å². The van der Waals surface area contributed by atoms with Crippen molar-refractivity contribution >= 4 is 0 Å². The van der Waals surface area contributed by atoms with Crippen LogP contribution in [0.5, 0.6) is 0 Å². The van der Waals surface area contributed by atoms with Gasteiger partial charge in [0.2, 0.25) is 0 Å². The van der Waals surface area contributed by atoms with Gasteiger partial charge in [0.25, 0.3) is 0 Å². The Morgan fingerprint density at radius 2 is 2.19 bits per heavy atom. The summed E-state index contributed by atoms with van der Waals surface area (Å²) in [6.45, 7) is 1.26. The first-order valence-corrected chi connectivity index (χ1v) is 6.71. The topological polar surface area (TPSA) is 52.2 Å². The molecule has 2 rings (SSSR count). The lowest BCUT2D eigenvalue weighted by Gasteiger charge is -2.22. The summed E-state index contributed by atoms with van der Waals surface area (Å²) in [6.07, 6.45) is 1.66. The van der Waals surface area contributed by atoms with Crippen molar-refractivity contribution in [3.8, 4) is 6.07 Å². The van der Waals surface area contributed by atoms with Gasteiger partial charge in [-0.05, 0) is 43.9 Å². The summed E-state index contributed by atoms with van der Waals surface area (Å²) in [5.74, 6) is 0.410. The minimum absolute atomic E-state index is 0.0736. The molecular formula is C16H18FN3O. The van der Waals surface area contributed by atoms with Gasteiger partial charge < -0.3 is 9.73 Å². The van der Waals surface area contributed by atoms with E-state index in [4.69, 9.17) is 9.68 Å². The molecule has 0 radical (unpaired) electrons. The molecule has 21 heavy (non-hydrogen) atoms. The Hall–Kier alpha value is -2.16. The van der Waals surface area contributed by atoms with Crippen LogP contribution >= 0.6 is 0 Å². The maximum absolute atomic E-state index is 13.3. The summed E-state index contributed by atoms with van der Waals surface area (Å²) >= 11 is 0. The molecule has 0 bridgehead atoms. The lowest BCUT2D eigenvalue weighted by Crippen LogP contribution is -2.30. The van der Waals surface area contributed by atoms with Gasteiger partial charge in [0, 0.05) is 13.1 Å². The Morgan fingerprint density at radius 1 is 1.38 bits per heavy atom. The highest BCUT2D eigenvalue weighted by Crippen LogP contribution is 2.18. The molecule has 1 N–H and O–H groups in total. The molecule has 0 spiro atoms. The zero-order valence-corrected chi connectivity index (χ0v) is 12.1. The van der Waals surface area contributed by atoms with Crippen molar-refractivity contribution < 1.29 is 8.81 Å². The minimum atomic E-state index is -0.483. The number of nitrogens with one attached hydrogen (secondary N) is 1. The number of halogens is 1. The molecule has 0 aliphatic rings. The molecule has 0 aliphatic carbocycles. The van der Waals surface area contributed by atoms with Crippen LogP contribution < -0.4 is 5.32 Å². The van der Waals surface area contributed by atoms with Crippen LogP contribution in [-0.2, 0) is 6.54 Å². The van der Waals surface area contributed by atoms with Crippen LogP contribution in [0.3, 0.4) is 0 Å². The molecule has 110 valence electrons. The molecule has 5 heteroatoms. The second kappa shape index (κ2) is 7.02. The zero-order valence-electron chi connectivity index (χ0n) is 12.1. The molecular weight excluding hydrogens is 269 g/mol. The summed E-state index contributed by atoms with van der Waals surface area (Å²) in [7, 11) is 3.97. The van der Waals surface area contributed by atoms with E-state index in [0.717, 1.165) is 11.3 Å². The van der Waals surface area contributed by atoms with Gasteiger partial charge in [0.05, 0.1) is 17.9 Å². The van der Waals surface area contributed by atoms with E-state index in [9.17, 15) is 4.39 Å². The summed E-state index contributed by atoms with van der Waals surface area (Å²) in [5.41, 5.74) is 0.953. The van der Waals surface area contributed by atoms with Gasteiger partial charge in [-0.1, -0.05) is 6.07 Å². The SMILES string of the molecule is CN(C)C(CNCc1ccc(F)c(C#N)c1)c1ccco1. The zero-order chi connectivity index (χ0) is 15.2. The molecule has 0 fully saturated rings. The van der Waals surface area contributed by atoms with E-state index in [0.29, 0.717) is 13.1 Å². The van der Waals surface area contributed by atoms with E-state index in [2.05, 4.69) is 10.2 Å². The number of nitriles is 1. The van der Waals surface area contributed by atoms with Crippen LogP contribution in [0.25, 0.3) is 0 Å². The number of likely N-dealkylation sites (N-methyl/N-ethyl adjacent to an activating group) is 1. The minimum Gasteiger partial charge on any atom is -0.468 e. The largest absolute Gasteiger partial charge is 0.468 e.